The number of nitrogens with zero attached hydrogens (tertiary/aromatic N) is 1. The van der Waals surface area contributed by atoms with Crippen LogP contribution in [0.2, 0.25) is 0 Å². The van der Waals surface area contributed by atoms with Crippen molar-refractivity contribution in [3.05, 3.63) is 24.3 Å². The van der Waals surface area contributed by atoms with Crippen molar-refractivity contribution in [2.24, 2.45) is 5.92 Å². The summed E-state index contributed by atoms with van der Waals surface area (Å²) in [5, 5.41) is 2.69. The minimum absolute atomic E-state index is 0.134. The van der Waals surface area contributed by atoms with Gasteiger partial charge in [-0.2, -0.15) is 0 Å². The number of ether oxygens (including phenoxy) is 2. The molecule has 1 N–H and O–H groups in total. The van der Waals surface area contributed by atoms with Crippen molar-refractivity contribution in [1.29, 1.82) is 0 Å². The Morgan fingerprint density at radius 3 is 3.00 bits per heavy atom. The smallest absolute Gasteiger partial charge is 0.220 e. The van der Waals surface area contributed by atoms with Crippen LogP contribution >= 0.6 is 0 Å². The van der Waals surface area contributed by atoms with E-state index in [1.807, 2.05) is 24.3 Å². The molecule has 1 aliphatic heterocycles. The van der Waals surface area contributed by atoms with E-state index in [4.69, 9.17) is 9.47 Å². The molecule has 21 heavy (non-hydrogen) atoms. The molecule has 1 amide bonds. The first-order chi connectivity index (χ1) is 10.2. The van der Waals surface area contributed by atoms with Crippen LogP contribution in [0.3, 0.4) is 0 Å². The third-order valence-electron chi connectivity index (χ3n) is 3.84. The van der Waals surface area contributed by atoms with Crippen molar-refractivity contribution in [2.45, 2.75) is 12.8 Å². The summed E-state index contributed by atoms with van der Waals surface area (Å²) < 4.78 is 10.9. The molecule has 1 heterocycles. The highest BCUT2D eigenvalue weighted by atomic mass is 16.5. The Labute approximate surface area is 126 Å². The summed E-state index contributed by atoms with van der Waals surface area (Å²) in [6.07, 6.45) is 1.72. The average molecular weight is 292 g/mol. The van der Waals surface area contributed by atoms with E-state index in [0.29, 0.717) is 18.9 Å². The lowest BCUT2D eigenvalue weighted by Gasteiger charge is -2.16. The highest BCUT2D eigenvalue weighted by molar-refractivity contribution is 5.75. The SMILES string of the molecule is CNC(=O)C[C@H]1CCN(CCOc2cccc(OC)c2)C1. The topological polar surface area (TPSA) is 50.8 Å². The van der Waals surface area contributed by atoms with Gasteiger partial charge in [0, 0.05) is 32.6 Å². The predicted molar refractivity (Wildman–Crippen MR) is 81.7 cm³/mol. The van der Waals surface area contributed by atoms with Crippen LogP contribution in [0.25, 0.3) is 0 Å². The lowest BCUT2D eigenvalue weighted by atomic mass is 10.1. The Hall–Kier alpha value is -1.75. The maximum Gasteiger partial charge on any atom is 0.220 e. The molecule has 0 aliphatic carbocycles. The minimum atomic E-state index is 0.134. The number of methoxy groups -OCH3 is 1. The van der Waals surface area contributed by atoms with Gasteiger partial charge in [-0.1, -0.05) is 6.07 Å². The summed E-state index contributed by atoms with van der Waals surface area (Å²) in [5.74, 6) is 2.24. The molecule has 1 aliphatic rings. The second kappa shape index (κ2) is 7.88. The lowest BCUT2D eigenvalue weighted by molar-refractivity contribution is -0.121. The molecule has 1 fully saturated rings. The summed E-state index contributed by atoms with van der Waals surface area (Å²) in [6.45, 7) is 3.57. The fourth-order valence-corrected chi connectivity index (χ4v) is 2.63. The van der Waals surface area contributed by atoms with Gasteiger partial charge >= 0.3 is 0 Å². The standard InChI is InChI=1S/C16H24N2O3/c1-17-16(19)10-13-6-7-18(12-13)8-9-21-15-5-3-4-14(11-15)20-2/h3-5,11,13H,6-10,12H2,1-2H3,(H,17,19)/t13-/m1/s1. The normalized spacial score (nSPS) is 18.5. The molecule has 5 nitrogen and oxygen atoms in total. The van der Waals surface area contributed by atoms with E-state index in [1.54, 1.807) is 14.2 Å². The first-order valence-electron chi connectivity index (χ1n) is 7.41. The Kier molecular flexibility index (Phi) is 5.87. The van der Waals surface area contributed by atoms with Crippen LogP contribution in [-0.2, 0) is 4.79 Å². The number of likely N-dealkylation sites (tertiary alicyclic amines) is 1. The molecule has 0 aromatic heterocycles. The van der Waals surface area contributed by atoms with E-state index >= 15 is 0 Å². The summed E-state index contributed by atoms with van der Waals surface area (Å²) in [7, 11) is 3.34. The van der Waals surface area contributed by atoms with E-state index in [1.165, 1.54) is 0 Å². The second-order valence-electron chi connectivity index (χ2n) is 5.36. The Bertz CT molecular complexity index is 465. The van der Waals surface area contributed by atoms with Crippen molar-refractivity contribution in [3.63, 3.8) is 0 Å². The van der Waals surface area contributed by atoms with Crippen LogP contribution in [0.4, 0.5) is 0 Å². The third-order valence-corrected chi connectivity index (χ3v) is 3.84. The van der Waals surface area contributed by atoms with E-state index in [-0.39, 0.29) is 5.91 Å². The van der Waals surface area contributed by atoms with Gasteiger partial charge < -0.3 is 14.8 Å². The Morgan fingerprint density at radius 1 is 1.43 bits per heavy atom. The predicted octanol–water partition coefficient (Wildman–Crippen LogP) is 1.53. The highest BCUT2D eigenvalue weighted by Crippen LogP contribution is 2.20. The summed E-state index contributed by atoms with van der Waals surface area (Å²) >= 11 is 0. The number of carbonyl (C=O) groups excluding carboxylic acids is 1. The molecule has 0 unspecified atom stereocenters. The zero-order chi connectivity index (χ0) is 15.1. The van der Waals surface area contributed by atoms with E-state index < -0.39 is 0 Å². The molecule has 0 spiro atoms. The first-order valence-corrected chi connectivity index (χ1v) is 7.41. The van der Waals surface area contributed by atoms with Crippen molar-refractivity contribution in [1.82, 2.24) is 10.2 Å². The quantitative estimate of drug-likeness (QED) is 0.828. The molecule has 0 saturated carbocycles. The van der Waals surface area contributed by atoms with Crippen molar-refractivity contribution in [2.75, 3.05) is 40.4 Å². The zero-order valence-electron chi connectivity index (χ0n) is 12.8. The average Bonchev–Trinajstić information content (AvgIpc) is 2.94. The fraction of sp³-hybridized carbons (Fsp3) is 0.562. The molecule has 1 aromatic rings. The number of rotatable bonds is 7. The number of benzene rings is 1. The molecule has 0 bridgehead atoms. The van der Waals surface area contributed by atoms with Crippen molar-refractivity contribution in [3.8, 4) is 11.5 Å². The molecular formula is C16H24N2O3. The van der Waals surface area contributed by atoms with E-state index in [0.717, 1.165) is 37.6 Å². The Morgan fingerprint density at radius 2 is 2.24 bits per heavy atom. The van der Waals surface area contributed by atoms with Gasteiger partial charge in [-0.15, -0.1) is 0 Å². The summed E-state index contributed by atoms with van der Waals surface area (Å²) in [5.41, 5.74) is 0. The number of carbonyl (C=O) groups is 1. The maximum absolute atomic E-state index is 11.4. The van der Waals surface area contributed by atoms with Crippen LogP contribution < -0.4 is 14.8 Å². The Balaban J connectivity index is 1.68. The van der Waals surface area contributed by atoms with Gasteiger partial charge in [-0.3, -0.25) is 9.69 Å². The second-order valence-corrected chi connectivity index (χ2v) is 5.36. The van der Waals surface area contributed by atoms with Crippen molar-refractivity contribution >= 4 is 5.91 Å². The van der Waals surface area contributed by atoms with Crippen LogP contribution in [0, 0.1) is 5.92 Å². The van der Waals surface area contributed by atoms with E-state index in [9.17, 15) is 4.79 Å². The zero-order valence-corrected chi connectivity index (χ0v) is 12.8. The van der Waals surface area contributed by atoms with Crippen LogP contribution in [-0.4, -0.2) is 51.2 Å². The fourth-order valence-electron chi connectivity index (χ4n) is 2.63. The third kappa shape index (κ3) is 4.93. The van der Waals surface area contributed by atoms with Gasteiger partial charge in [0.2, 0.25) is 5.91 Å². The number of hydrogen-bond acceptors (Lipinski definition) is 4. The van der Waals surface area contributed by atoms with Gasteiger partial charge in [0.1, 0.15) is 18.1 Å². The molecule has 1 atom stereocenters. The minimum Gasteiger partial charge on any atom is -0.497 e. The molecule has 0 radical (unpaired) electrons. The van der Waals surface area contributed by atoms with Crippen LogP contribution in [0.15, 0.2) is 24.3 Å². The monoisotopic (exact) mass is 292 g/mol. The van der Waals surface area contributed by atoms with Gasteiger partial charge in [0.05, 0.1) is 7.11 Å². The molecule has 116 valence electrons. The van der Waals surface area contributed by atoms with Gasteiger partial charge in [0.25, 0.3) is 0 Å². The molecule has 2 rings (SSSR count). The van der Waals surface area contributed by atoms with Crippen LogP contribution in [0.5, 0.6) is 11.5 Å². The molecule has 1 aromatic carbocycles. The lowest BCUT2D eigenvalue weighted by Crippen LogP contribution is -2.27. The largest absolute Gasteiger partial charge is 0.497 e. The van der Waals surface area contributed by atoms with Gasteiger partial charge in [-0.25, -0.2) is 0 Å². The van der Waals surface area contributed by atoms with Crippen molar-refractivity contribution < 1.29 is 14.3 Å². The number of amides is 1. The molecule has 1 saturated heterocycles. The molecule has 5 heteroatoms. The van der Waals surface area contributed by atoms with Gasteiger partial charge in [0.15, 0.2) is 0 Å². The highest BCUT2D eigenvalue weighted by Gasteiger charge is 2.23. The number of nitrogens with one attached hydrogen (secondary N) is 1. The van der Waals surface area contributed by atoms with E-state index in [2.05, 4.69) is 10.2 Å². The van der Waals surface area contributed by atoms with Gasteiger partial charge in [-0.05, 0) is 31.0 Å². The first kappa shape index (κ1) is 15.6. The number of hydrogen-bond donors (Lipinski definition) is 1. The summed E-state index contributed by atoms with van der Waals surface area (Å²) in [6, 6.07) is 7.64. The molecular weight excluding hydrogens is 268 g/mol. The maximum atomic E-state index is 11.4. The summed E-state index contributed by atoms with van der Waals surface area (Å²) in [4.78, 5) is 13.7. The van der Waals surface area contributed by atoms with Crippen LogP contribution in [0.1, 0.15) is 12.8 Å².